The molecule has 0 spiro atoms. The van der Waals surface area contributed by atoms with Gasteiger partial charge in [-0.15, -0.1) is 0 Å². The standard InChI is InChI=1S/C46H59F6N5O10S/c47-45(48,49)41-35-15-14-34(67-35)40(41)43(62)54-18-21-64-23-22-63-19-5-7-33(58)32(56-38(60)9-2-1-8-36-42-30(26-68-36)24-39(61)57-42)6-3-4-17-53-37(59)16-20-65-28-66-25-29-10-12-31(13-11-29)44(27-55-44)46(50,51)52/h10-15,27,30,32,34-36,42H,1-9,16-26,28H2,(H,53,59)(H,54,62)(H,56,60)(H,57,61)/t30-,32-,34?,35?,36-,42-,44?/m0/s1. The second kappa shape index (κ2) is 25.0. The number of amides is 4. The molecule has 0 saturated carbocycles. The third-order valence-electron chi connectivity index (χ3n) is 12.2. The number of benzene rings is 1. The van der Waals surface area contributed by atoms with Crippen molar-refractivity contribution in [3.05, 3.63) is 58.7 Å². The van der Waals surface area contributed by atoms with E-state index in [1.807, 2.05) is 11.8 Å². The molecule has 376 valence electrons. The molecule has 0 aliphatic carbocycles. The first kappa shape index (κ1) is 53.0. The molecule has 1 aromatic rings. The summed E-state index contributed by atoms with van der Waals surface area (Å²) in [6.45, 7) is 0.993. The van der Waals surface area contributed by atoms with Gasteiger partial charge in [-0.25, -0.2) is 0 Å². The average molecular weight is 988 g/mol. The van der Waals surface area contributed by atoms with Crippen molar-refractivity contribution in [1.29, 1.82) is 0 Å². The predicted molar refractivity (Wildman–Crippen MR) is 236 cm³/mol. The van der Waals surface area contributed by atoms with E-state index in [2.05, 4.69) is 26.3 Å². The maximum absolute atomic E-state index is 13.5. The van der Waals surface area contributed by atoms with Crippen LogP contribution in [0.25, 0.3) is 0 Å². The molecule has 5 aliphatic rings. The molecule has 5 heterocycles. The Bertz CT molecular complexity index is 2000. The van der Waals surface area contributed by atoms with Crippen molar-refractivity contribution < 1.29 is 74.0 Å². The minimum Gasteiger partial charge on any atom is -0.379 e. The lowest BCUT2D eigenvalue weighted by atomic mass is 9.96. The molecule has 0 radical (unpaired) electrons. The first-order valence-corrected chi connectivity index (χ1v) is 24.1. The van der Waals surface area contributed by atoms with Crippen molar-refractivity contribution in [1.82, 2.24) is 21.3 Å². The van der Waals surface area contributed by atoms with Gasteiger partial charge < -0.3 is 45.0 Å². The largest absolute Gasteiger partial charge is 0.422 e. The molecule has 0 aromatic heterocycles. The van der Waals surface area contributed by atoms with E-state index in [4.69, 9.17) is 23.7 Å². The van der Waals surface area contributed by atoms with Gasteiger partial charge >= 0.3 is 12.4 Å². The lowest BCUT2D eigenvalue weighted by Gasteiger charge is -2.19. The summed E-state index contributed by atoms with van der Waals surface area (Å²) < 4.78 is 107. The first-order chi connectivity index (χ1) is 32.6. The van der Waals surface area contributed by atoms with Crippen LogP contribution in [-0.2, 0) is 59.8 Å². The molecular weight excluding hydrogens is 929 g/mol. The molecular formula is C46H59F6N5O10S. The molecule has 6 rings (SSSR count). The van der Waals surface area contributed by atoms with Gasteiger partial charge in [-0.05, 0) is 61.3 Å². The number of ketones is 1. The van der Waals surface area contributed by atoms with Crippen LogP contribution >= 0.6 is 11.8 Å². The number of carbonyl (C=O) groups excluding carboxylic acids is 5. The third-order valence-corrected chi connectivity index (χ3v) is 13.8. The Morgan fingerprint density at radius 1 is 0.824 bits per heavy atom. The van der Waals surface area contributed by atoms with E-state index in [9.17, 15) is 50.3 Å². The fraction of sp³-hybridized carbons (Fsp3) is 0.652. The minimum absolute atomic E-state index is 0.0196. The van der Waals surface area contributed by atoms with E-state index in [1.54, 1.807) is 0 Å². The van der Waals surface area contributed by atoms with Crippen LogP contribution in [0.5, 0.6) is 0 Å². The predicted octanol–water partition coefficient (Wildman–Crippen LogP) is 5.06. The summed E-state index contributed by atoms with van der Waals surface area (Å²) in [5.74, 6) is -0.0608. The summed E-state index contributed by atoms with van der Waals surface area (Å²) in [6, 6.07) is 5.25. The van der Waals surface area contributed by atoms with Crippen LogP contribution < -0.4 is 21.3 Å². The number of hydrogen-bond acceptors (Lipinski definition) is 12. The highest BCUT2D eigenvalue weighted by atomic mass is 32.2. The number of carbonyl (C=O) groups is 5. The van der Waals surface area contributed by atoms with Gasteiger partial charge in [0.2, 0.25) is 23.3 Å². The number of halogens is 6. The lowest BCUT2D eigenvalue weighted by Crippen LogP contribution is -2.41. The zero-order valence-electron chi connectivity index (χ0n) is 37.6. The maximum Gasteiger partial charge on any atom is 0.422 e. The van der Waals surface area contributed by atoms with Crippen molar-refractivity contribution in [3.63, 3.8) is 0 Å². The van der Waals surface area contributed by atoms with Crippen LogP contribution in [0.15, 0.2) is 52.6 Å². The van der Waals surface area contributed by atoms with Crippen molar-refractivity contribution in [3.8, 4) is 0 Å². The van der Waals surface area contributed by atoms with Gasteiger partial charge in [0.25, 0.3) is 5.91 Å². The number of ether oxygens (including phenoxy) is 5. The van der Waals surface area contributed by atoms with Crippen molar-refractivity contribution in [2.45, 2.75) is 125 Å². The number of unbranched alkanes of at least 4 members (excludes halogenated alkanes) is 2. The average Bonchev–Trinajstić information content (AvgIpc) is 3.49. The van der Waals surface area contributed by atoms with Crippen LogP contribution in [0.4, 0.5) is 26.3 Å². The molecule has 7 atom stereocenters. The highest BCUT2D eigenvalue weighted by Crippen LogP contribution is 2.48. The van der Waals surface area contributed by atoms with Gasteiger partial charge in [-0.3, -0.25) is 29.0 Å². The van der Waals surface area contributed by atoms with Crippen molar-refractivity contribution in [2.75, 3.05) is 58.7 Å². The summed E-state index contributed by atoms with van der Waals surface area (Å²) in [4.78, 5) is 66.5. The van der Waals surface area contributed by atoms with E-state index < -0.39 is 53.2 Å². The van der Waals surface area contributed by atoms with Gasteiger partial charge in [0, 0.05) is 56.5 Å². The smallest absolute Gasteiger partial charge is 0.379 e. The van der Waals surface area contributed by atoms with Crippen LogP contribution in [0.3, 0.4) is 0 Å². The normalized spacial score (nSPS) is 24.0. The number of Topliss-reactive ketones (excluding diaryl/α,β-unsaturated/α-hetero) is 1. The van der Waals surface area contributed by atoms with Gasteiger partial charge in [0.1, 0.15) is 19.0 Å². The molecule has 2 saturated heterocycles. The third kappa shape index (κ3) is 15.1. The van der Waals surface area contributed by atoms with Crippen LogP contribution in [0.1, 0.15) is 81.8 Å². The molecule has 15 nitrogen and oxygen atoms in total. The number of rotatable bonds is 31. The monoisotopic (exact) mass is 987 g/mol. The molecule has 4 amide bonds. The zero-order valence-corrected chi connectivity index (χ0v) is 38.4. The second-order valence-corrected chi connectivity index (χ2v) is 18.5. The molecule has 2 fully saturated rings. The van der Waals surface area contributed by atoms with E-state index >= 15 is 0 Å². The summed E-state index contributed by atoms with van der Waals surface area (Å²) in [5.41, 5.74) is -2.97. The van der Waals surface area contributed by atoms with Crippen molar-refractivity contribution >= 4 is 47.4 Å². The quantitative estimate of drug-likeness (QED) is 0.0337. The highest BCUT2D eigenvalue weighted by molar-refractivity contribution is 8.00. The zero-order chi connectivity index (χ0) is 48.7. The number of alkyl halides is 6. The molecule has 4 N–H and O–H groups in total. The maximum atomic E-state index is 13.5. The Morgan fingerprint density at radius 2 is 1.57 bits per heavy atom. The van der Waals surface area contributed by atoms with E-state index in [0.717, 1.165) is 24.8 Å². The highest BCUT2D eigenvalue weighted by Gasteiger charge is 2.61. The minimum atomic E-state index is -4.69. The Kier molecular flexibility index (Phi) is 19.5. The van der Waals surface area contributed by atoms with Crippen LogP contribution in [0.2, 0.25) is 0 Å². The van der Waals surface area contributed by atoms with Gasteiger partial charge in [-0.1, -0.05) is 42.8 Å². The molecule has 1 aromatic carbocycles. The van der Waals surface area contributed by atoms with E-state index in [0.29, 0.717) is 61.8 Å². The number of hydrogen-bond donors (Lipinski definition) is 4. The topological polar surface area (TPSA) is 192 Å². The van der Waals surface area contributed by atoms with E-state index in [1.165, 1.54) is 36.4 Å². The molecule has 3 unspecified atom stereocenters. The summed E-state index contributed by atoms with van der Waals surface area (Å²) in [7, 11) is 0. The Morgan fingerprint density at radius 3 is 2.31 bits per heavy atom. The Hall–Kier alpha value is -4.35. The van der Waals surface area contributed by atoms with Crippen molar-refractivity contribution in [2.24, 2.45) is 10.9 Å². The number of nitrogens with one attached hydrogen (secondary N) is 4. The number of nitrogens with zero attached hydrogens (tertiary/aromatic N) is 1. The summed E-state index contributed by atoms with van der Waals surface area (Å²) in [5, 5.41) is 11.6. The van der Waals surface area contributed by atoms with Crippen LogP contribution in [-0.4, -0.2) is 136 Å². The van der Waals surface area contributed by atoms with Gasteiger partial charge in [0.15, 0.2) is 5.78 Å². The van der Waals surface area contributed by atoms with Gasteiger partial charge in [0.05, 0.1) is 56.6 Å². The summed E-state index contributed by atoms with van der Waals surface area (Å²) >= 11 is 1.87. The van der Waals surface area contributed by atoms with Crippen LogP contribution in [0, 0.1) is 5.92 Å². The SMILES string of the molecule is O=C(CCOCOCc1ccc(C2(C(F)(F)F)C=N2)cc1)NCCCC[C@H](NC(=O)CCCC[C@@H]1SC[C@@H]2CC(=O)N[C@@H]21)C(=O)CCCOCCOCCNC(=O)C1=C(C(F)(F)F)C2C=CC1O2. The summed E-state index contributed by atoms with van der Waals surface area (Å²) in [6.07, 6.45) is -2.67. The fourth-order valence-corrected chi connectivity index (χ4v) is 10.2. The second-order valence-electron chi connectivity index (χ2n) is 17.2. The van der Waals surface area contributed by atoms with Gasteiger partial charge in [-0.2, -0.15) is 38.1 Å². The Balaban J connectivity index is 0.820. The number of aliphatic imine (C=N–C) groups is 1. The Labute approximate surface area is 394 Å². The van der Waals surface area contributed by atoms with E-state index in [-0.39, 0.29) is 107 Å². The molecule has 2 bridgehead atoms. The number of fused-ring (bicyclic) bond motifs is 3. The first-order valence-electron chi connectivity index (χ1n) is 23.0. The molecule has 5 aliphatic heterocycles. The number of thioether (sulfide) groups is 1. The molecule has 22 heteroatoms. The fourth-order valence-electron chi connectivity index (χ4n) is 8.55. The lowest BCUT2D eigenvalue weighted by molar-refractivity contribution is -0.156. The molecule has 68 heavy (non-hydrogen) atoms.